The molecular weight excluding hydrogens is 239 g/mol. The van der Waals surface area contributed by atoms with Crippen LogP contribution in [0.1, 0.15) is 11.1 Å². The van der Waals surface area contributed by atoms with Crippen LogP contribution in [0.2, 0.25) is 0 Å². The molecule has 0 saturated carbocycles. The summed E-state index contributed by atoms with van der Waals surface area (Å²) in [5, 5.41) is 17.3. The van der Waals surface area contributed by atoms with Crippen molar-refractivity contribution in [1.82, 2.24) is 0 Å². The minimum absolute atomic E-state index is 0.570. The van der Waals surface area contributed by atoms with Crippen LogP contribution in [-0.2, 0) is 0 Å². The predicted molar refractivity (Wildman–Crippen MR) is 69.3 cm³/mol. The quantitative estimate of drug-likeness (QED) is 0.778. The Morgan fingerprint density at radius 1 is 0.684 bits per heavy atom. The van der Waals surface area contributed by atoms with E-state index in [-0.39, 0.29) is 0 Å². The second kappa shape index (κ2) is 6.14. The Balaban J connectivity index is 1.85. The monoisotopic (exact) mass is 247 g/mol. The molecule has 4 nitrogen and oxygen atoms in total. The first-order valence-corrected chi connectivity index (χ1v) is 5.47. The summed E-state index contributed by atoms with van der Waals surface area (Å²) < 4.78 is 10.5. The third-order valence-electron chi connectivity index (χ3n) is 2.34. The maximum Gasteiger partial charge on any atom is 0.658 e. The maximum atomic E-state index is 8.65. The van der Waals surface area contributed by atoms with E-state index in [0.29, 0.717) is 22.6 Å². The van der Waals surface area contributed by atoms with Crippen molar-refractivity contribution in [2.75, 3.05) is 0 Å². The van der Waals surface area contributed by atoms with Crippen molar-refractivity contribution in [2.24, 2.45) is 0 Å². The summed E-state index contributed by atoms with van der Waals surface area (Å²) in [5.41, 5.74) is 1.14. The van der Waals surface area contributed by atoms with Gasteiger partial charge in [0.05, 0.1) is 23.3 Å². The number of benzene rings is 2. The first-order valence-electron chi connectivity index (χ1n) is 5.47. The standard InChI is InChI=1S/C14H8BN2O2/c16-9-11-1-5-13(6-2-11)18-15-19-14-7-3-12(10-17)4-8-14/h1-8H. The maximum absolute atomic E-state index is 8.65. The van der Waals surface area contributed by atoms with Gasteiger partial charge in [0.1, 0.15) is 11.5 Å². The van der Waals surface area contributed by atoms with Crippen molar-refractivity contribution >= 4 is 7.69 Å². The van der Waals surface area contributed by atoms with Gasteiger partial charge >= 0.3 is 7.69 Å². The van der Waals surface area contributed by atoms with E-state index in [1.807, 2.05) is 12.1 Å². The largest absolute Gasteiger partial charge is 0.658 e. The Morgan fingerprint density at radius 3 is 1.37 bits per heavy atom. The van der Waals surface area contributed by atoms with Crippen LogP contribution in [-0.4, -0.2) is 7.69 Å². The van der Waals surface area contributed by atoms with E-state index in [9.17, 15) is 0 Å². The third kappa shape index (κ3) is 3.52. The molecule has 0 amide bonds. The lowest BCUT2D eigenvalue weighted by Gasteiger charge is -2.06. The summed E-state index contributed by atoms with van der Waals surface area (Å²) >= 11 is 0. The molecule has 89 valence electrons. The normalized spacial score (nSPS) is 8.95. The zero-order valence-corrected chi connectivity index (χ0v) is 9.91. The molecule has 2 rings (SSSR count). The molecule has 0 N–H and O–H groups in total. The van der Waals surface area contributed by atoms with Crippen LogP contribution in [0.25, 0.3) is 0 Å². The van der Waals surface area contributed by atoms with E-state index < -0.39 is 0 Å². The van der Waals surface area contributed by atoms with Gasteiger partial charge in [-0.05, 0) is 48.5 Å². The minimum atomic E-state index is 0.570. The predicted octanol–water partition coefficient (Wildman–Crippen LogP) is 2.42. The first kappa shape index (κ1) is 12.5. The molecule has 2 aromatic carbocycles. The molecule has 1 radical (unpaired) electrons. The van der Waals surface area contributed by atoms with Crippen LogP contribution in [0.3, 0.4) is 0 Å². The smallest absolute Gasteiger partial charge is 0.526 e. The SMILES string of the molecule is N#Cc1ccc(O[B]Oc2ccc(C#N)cc2)cc1. The molecule has 0 bridgehead atoms. The van der Waals surface area contributed by atoms with E-state index in [1.165, 1.54) is 7.69 Å². The van der Waals surface area contributed by atoms with Crippen LogP contribution in [0.15, 0.2) is 48.5 Å². The average molecular weight is 247 g/mol. The molecule has 19 heavy (non-hydrogen) atoms. The molecule has 0 unspecified atom stereocenters. The first-order chi connectivity index (χ1) is 9.31. The van der Waals surface area contributed by atoms with Crippen LogP contribution in [0, 0.1) is 22.7 Å². The highest BCUT2D eigenvalue weighted by Gasteiger charge is 2.02. The van der Waals surface area contributed by atoms with Gasteiger partial charge in [-0.1, -0.05) is 0 Å². The van der Waals surface area contributed by atoms with Gasteiger partial charge in [-0.3, -0.25) is 0 Å². The molecule has 0 aliphatic carbocycles. The third-order valence-corrected chi connectivity index (χ3v) is 2.34. The fourth-order valence-corrected chi connectivity index (χ4v) is 1.35. The number of nitriles is 2. The van der Waals surface area contributed by atoms with Gasteiger partial charge in [-0.2, -0.15) is 10.5 Å². The Morgan fingerprint density at radius 2 is 1.05 bits per heavy atom. The summed E-state index contributed by atoms with van der Waals surface area (Å²) in [4.78, 5) is 0. The fraction of sp³-hybridized carbons (Fsp3) is 0. The molecule has 0 aliphatic rings. The Kier molecular flexibility index (Phi) is 4.05. The van der Waals surface area contributed by atoms with Gasteiger partial charge in [-0.25, -0.2) is 0 Å². The molecular formula is C14H8BN2O2. The lowest BCUT2D eigenvalue weighted by atomic mass is 10.2. The second-order valence-corrected chi connectivity index (χ2v) is 3.60. The van der Waals surface area contributed by atoms with E-state index in [1.54, 1.807) is 48.5 Å². The molecule has 0 spiro atoms. The van der Waals surface area contributed by atoms with Gasteiger partial charge in [-0.15, -0.1) is 0 Å². The van der Waals surface area contributed by atoms with Crippen molar-refractivity contribution < 1.29 is 9.31 Å². The Hall–Kier alpha value is -2.92. The number of hydrogen-bond donors (Lipinski definition) is 0. The molecule has 0 aromatic heterocycles. The number of rotatable bonds is 4. The molecule has 0 saturated heterocycles. The van der Waals surface area contributed by atoms with Crippen molar-refractivity contribution in [2.45, 2.75) is 0 Å². The summed E-state index contributed by atoms with van der Waals surface area (Å²) in [6.07, 6.45) is 0. The van der Waals surface area contributed by atoms with Crippen LogP contribution < -0.4 is 9.31 Å². The molecule has 0 fully saturated rings. The topological polar surface area (TPSA) is 66.0 Å². The summed E-state index contributed by atoms with van der Waals surface area (Å²) in [6, 6.07) is 17.4. The van der Waals surface area contributed by atoms with Gasteiger partial charge in [0.25, 0.3) is 0 Å². The van der Waals surface area contributed by atoms with Crippen molar-refractivity contribution in [3.05, 3.63) is 59.7 Å². The molecule has 2 aromatic rings. The Bertz CT molecular complexity index is 567. The molecule has 0 aliphatic heterocycles. The van der Waals surface area contributed by atoms with E-state index >= 15 is 0 Å². The summed E-state index contributed by atoms with van der Waals surface area (Å²) in [5.74, 6) is 1.15. The summed E-state index contributed by atoms with van der Waals surface area (Å²) in [6.45, 7) is 0. The van der Waals surface area contributed by atoms with Crippen LogP contribution >= 0.6 is 0 Å². The fourth-order valence-electron chi connectivity index (χ4n) is 1.35. The van der Waals surface area contributed by atoms with E-state index in [2.05, 4.69) is 0 Å². The molecule has 0 atom stereocenters. The lowest BCUT2D eigenvalue weighted by Crippen LogP contribution is -2.10. The van der Waals surface area contributed by atoms with E-state index in [4.69, 9.17) is 19.8 Å². The highest BCUT2D eigenvalue weighted by molar-refractivity contribution is 6.20. The van der Waals surface area contributed by atoms with Crippen molar-refractivity contribution in [1.29, 1.82) is 10.5 Å². The average Bonchev–Trinajstić information content (AvgIpc) is 2.49. The number of nitrogens with zero attached hydrogens (tertiary/aromatic N) is 2. The highest BCUT2D eigenvalue weighted by atomic mass is 16.6. The zero-order valence-electron chi connectivity index (χ0n) is 9.91. The van der Waals surface area contributed by atoms with Gasteiger partial charge < -0.3 is 9.31 Å². The van der Waals surface area contributed by atoms with Gasteiger partial charge in [0, 0.05) is 0 Å². The zero-order chi connectivity index (χ0) is 13.5. The second-order valence-electron chi connectivity index (χ2n) is 3.60. The lowest BCUT2D eigenvalue weighted by molar-refractivity contribution is 0.459. The molecule has 0 heterocycles. The van der Waals surface area contributed by atoms with E-state index in [0.717, 1.165) is 0 Å². The Labute approximate surface area is 111 Å². The van der Waals surface area contributed by atoms with Crippen molar-refractivity contribution in [3.8, 4) is 23.6 Å². The van der Waals surface area contributed by atoms with Crippen LogP contribution in [0.4, 0.5) is 0 Å². The molecule has 5 heteroatoms. The van der Waals surface area contributed by atoms with Crippen LogP contribution in [0.5, 0.6) is 11.5 Å². The van der Waals surface area contributed by atoms with Crippen molar-refractivity contribution in [3.63, 3.8) is 0 Å². The summed E-state index contributed by atoms with van der Waals surface area (Å²) in [7, 11) is 1.20. The minimum Gasteiger partial charge on any atom is -0.526 e. The van der Waals surface area contributed by atoms with Gasteiger partial charge in [0.2, 0.25) is 0 Å². The highest BCUT2D eigenvalue weighted by Crippen LogP contribution is 2.13. The van der Waals surface area contributed by atoms with Gasteiger partial charge in [0.15, 0.2) is 0 Å². The number of hydrogen-bond acceptors (Lipinski definition) is 4.